The summed E-state index contributed by atoms with van der Waals surface area (Å²) in [5, 5.41) is 20.8. The predicted octanol–water partition coefficient (Wildman–Crippen LogP) is 0.624. The summed E-state index contributed by atoms with van der Waals surface area (Å²) in [6, 6.07) is 12.2. The first-order valence-corrected chi connectivity index (χ1v) is 5.25. The standard InChI is InChI=1S/C12H14N2O/c13-10-12(6-8-14(15)9-7-12)11-4-2-1-3-5-11/h1-5,14H,6-9H2. The van der Waals surface area contributed by atoms with Gasteiger partial charge in [0.05, 0.1) is 24.6 Å². The highest BCUT2D eigenvalue weighted by atomic mass is 16.5. The van der Waals surface area contributed by atoms with E-state index in [1.165, 1.54) is 0 Å². The molecule has 1 aliphatic heterocycles. The second kappa shape index (κ2) is 4.01. The fourth-order valence-corrected chi connectivity index (χ4v) is 2.18. The van der Waals surface area contributed by atoms with E-state index in [0.29, 0.717) is 25.9 Å². The lowest BCUT2D eigenvalue weighted by atomic mass is 9.74. The molecule has 1 heterocycles. The van der Waals surface area contributed by atoms with E-state index in [1.807, 2.05) is 30.3 Å². The fraction of sp³-hybridized carbons (Fsp3) is 0.417. The number of hydrogen-bond acceptors (Lipinski definition) is 2. The third-order valence-corrected chi connectivity index (χ3v) is 3.20. The molecule has 0 radical (unpaired) electrons. The summed E-state index contributed by atoms with van der Waals surface area (Å²) in [7, 11) is 0. The highest BCUT2D eigenvalue weighted by Crippen LogP contribution is 2.31. The number of benzene rings is 1. The molecule has 78 valence electrons. The van der Waals surface area contributed by atoms with Crippen LogP contribution in [0.5, 0.6) is 0 Å². The first-order valence-electron chi connectivity index (χ1n) is 5.25. The summed E-state index contributed by atoms with van der Waals surface area (Å²) in [6.45, 7) is 1.09. The molecule has 1 N–H and O–H groups in total. The number of hydrogen-bond donors (Lipinski definition) is 1. The topological polar surface area (TPSA) is 51.3 Å². The van der Waals surface area contributed by atoms with Crippen molar-refractivity contribution < 1.29 is 5.06 Å². The van der Waals surface area contributed by atoms with E-state index in [4.69, 9.17) is 0 Å². The Morgan fingerprint density at radius 3 is 2.33 bits per heavy atom. The number of nitrogens with zero attached hydrogens (tertiary/aromatic N) is 1. The number of hydroxylamine groups is 2. The Kier molecular flexibility index (Phi) is 2.72. The molecule has 0 bridgehead atoms. The van der Waals surface area contributed by atoms with Gasteiger partial charge in [0, 0.05) is 12.8 Å². The molecule has 3 heteroatoms. The third kappa shape index (κ3) is 1.87. The number of rotatable bonds is 1. The van der Waals surface area contributed by atoms with Crippen molar-refractivity contribution in [2.75, 3.05) is 13.1 Å². The molecule has 1 saturated heterocycles. The smallest absolute Gasteiger partial charge is 0.0929 e. The van der Waals surface area contributed by atoms with Crippen LogP contribution in [-0.4, -0.2) is 13.1 Å². The molecule has 0 saturated carbocycles. The van der Waals surface area contributed by atoms with Crippen molar-refractivity contribution in [3.8, 4) is 6.07 Å². The van der Waals surface area contributed by atoms with Crippen LogP contribution in [0.25, 0.3) is 0 Å². The van der Waals surface area contributed by atoms with Crippen molar-refractivity contribution in [3.63, 3.8) is 0 Å². The van der Waals surface area contributed by atoms with Crippen LogP contribution < -0.4 is 5.06 Å². The van der Waals surface area contributed by atoms with Gasteiger partial charge < -0.3 is 10.3 Å². The van der Waals surface area contributed by atoms with Crippen molar-refractivity contribution in [1.29, 1.82) is 5.26 Å². The van der Waals surface area contributed by atoms with E-state index in [2.05, 4.69) is 6.07 Å². The zero-order chi connectivity index (χ0) is 10.7. The Balaban J connectivity index is 2.28. The van der Waals surface area contributed by atoms with E-state index in [-0.39, 0.29) is 5.06 Å². The maximum absolute atomic E-state index is 11.2. The van der Waals surface area contributed by atoms with Crippen molar-refractivity contribution in [2.24, 2.45) is 0 Å². The van der Waals surface area contributed by atoms with Crippen molar-refractivity contribution >= 4 is 0 Å². The van der Waals surface area contributed by atoms with E-state index in [0.717, 1.165) is 5.56 Å². The van der Waals surface area contributed by atoms with Gasteiger partial charge in [-0.3, -0.25) is 0 Å². The van der Waals surface area contributed by atoms with E-state index < -0.39 is 5.41 Å². The molecular weight excluding hydrogens is 188 g/mol. The lowest BCUT2D eigenvalue weighted by Crippen LogP contribution is -3.08. The number of piperidine rings is 1. The van der Waals surface area contributed by atoms with E-state index in [1.54, 1.807) is 0 Å². The molecule has 1 aromatic carbocycles. The van der Waals surface area contributed by atoms with Gasteiger partial charge in [-0.1, -0.05) is 30.3 Å². The van der Waals surface area contributed by atoms with Gasteiger partial charge >= 0.3 is 0 Å². The summed E-state index contributed by atoms with van der Waals surface area (Å²) >= 11 is 0. The van der Waals surface area contributed by atoms with Gasteiger partial charge in [-0.2, -0.15) is 5.26 Å². The van der Waals surface area contributed by atoms with Crippen LogP contribution in [0.2, 0.25) is 0 Å². The summed E-state index contributed by atoms with van der Waals surface area (Å²) < 4.78 is 0. The van der Waals surface area contributed by atoms with Gasteiger partial charge in [-0.25, -0.2) is 0 Å². The van der Waals surface area contributed by atoms with Crippen LogP contribution in [0.3, 0.4) is 0 Å². The molecule has 2 rings (SSSR count). The molecule has 0 aromatic heterocycles. The second-order valence-electron chi connectivity index (χ2n) is 4.10. The van der Waals surface area contributed by atoms with Crippen molar-refractivity contribution in [2.45, 2.75) is 18.3 Å². The van der Waals surface area contributed by atoms with Gasteiger partial charge in [0.15, 0.2) is 0 Å². The number of quaternary nitrogens is 1. The maximum atomic E-state index is 11.2. The second-order valence-corrected chi connectivity index (χ2v) is 4.10. The molecule has 0 unspecified atom stereocenters. The third-order valence-electron chi connectivity index (χ3n) is 3.20. The Labute approximate surface area is 89.5 Å². The molecule has 3 nitrogen and oxygen atoms in total. The molecule has 0 aliphatic carbocycles. The van der Waals surface area contributed by atoms with Crippen LogP contribution in [0.15, 0.2) is 30.3 Å². The Bertz CT molecular complexity index is 361. The van der Waals surface area contributed by atoms with Crippen LogP contribution in [0.1, 0.15) is 18.4 Å². The van der Waals surface area contributed by atoms with Gasteiger partial charge in [0.2, 0.25) is 0 Å². The predicted molar refractivity (Wildman–Crippen MR) is 57.0 cm³/mol. The Morgan fingerprint density at radius 2 is 1.80 bits per heavy atom. The van der Waals surface area contributed by atoms with E-state index in [9.17, 15) is 10.5 Å². The average Bonchev–Trinajstić information content (AvgIpc) is 2.32. The monoisotopic (exact) mass is 202 g/mol. The molecule has 0 amide bonds. The normalized spacial score (nSPS) is 30.8. The molecule has 1 aliphatic rings. The average molecular weight is 202 g/mol. The lowest BCUT2D eigenvalue weighted by molar-refractivity contribution is -0.854. The molecule has 1 fully saturated rings. The fourth-order valence-electron chi connectivity index (χ4n) is 2.18. The quantitative estimate of drug-likeness (QED) is 0.679. The first kappa shape index (κ1) is 10.2. The summed E-state index contributed by atoms with van der Waals surface area (Å²) in [5.41, 5.74) is 0.634. The molecule has 15 heavy (non-hydrogen) atoms. The minimum absolute atomic E-state index is 0.289. The largest absolute Gasteiger partial charge is 0.634 e. The summed E-state index contributed by atoms with van der Waals surface area (Å²) in [5.74, 6) is 0. The van der Waals surface area contributed by atoms with Crippen LogP contribution >= 0.6 is 0 Å². The van der Waals surface area contributed by atoms with Crippen LogP contribution in [0.4, 0.5) is 0 Å². The highest BCUT2D eigenvalue weighted by Gasteiger charge is 2.36. The molecular formula is C12H14N2O. The van der Waals surface area contributed by atoms with Crippen LogP contribution in [-0.2, 0) is 5.41 Å². The number of nitriles is 1. The molecule has 1 aromatic rings. The maximum Gasteiger partial charge on any atom is 0.0929 e. The van der Waals surface area contributed by atoms with Crippen molar-refractivity contribution in [3.05, 3.63) is 41.1 Å². The van der Waals surface area contributed by atoms with Gasteiger partial charge in [-0.15, -0.1) is 0 Å². The lowest BCUT2D eigenvalue weighted by Gasteiger charge is -2.36. The van der Waals surface area contributed by atoms with Gasteiger partial charge in [-0.05, 0) is 5.56 Å². The SMILES string of the molecule is N#CC1(c2ccccc2)CC[NH+]([O-])CC1. The Hall–Kier alpha value is -1.37. The zero-order valence-corrected chi connectivity index (χ0v) is 8.57. The first-order chi connectivity index (χ1) is 7.27. The summed E-state index contributed by atoms with van der Waals surface area (Å²) in [4.78, 5) is 0. The minimum atomic E-state index is -0.421. The minimum Gasteiger partial charge on any atom is -0.634 e. The Morgan fingerprint density at radius 1 is 1.20 bits per heavy atom. The highest BCUT2D eigenvalue weighted by molar-refractivity contribution is 5.32. The van der Waals surface area contributed by atoms with E-state index >= 15 is 0 Å². The van der Waals surface area contributed by atoms with Crippen LogP contribution in [0, 0.1) is 16.5 Å². The zero-order valence-electron chi connectivity index (χ0n) is 8.57. The van der Waals surface area contributed by atoms with Gasteiger partial charge in [0.1, 0.15) is 0 Å². The van der Waals surface area contributed by atoms with Gasteiger partial charge in [0.25, 0.3) is 0 Å². The molecule has 0 spiro atoms. The van der Waals surface area contributed by atoms with Crippen molar-refractivity contribution in [1.82, 2.24) is 0 Å². The number of nitrogens with one attached hydrogen (secondary N) is 1. The summed E-state index contributed by atoms with van der Waals surface area (Å²) in [6.07, 6.45) is 1.35. The molecule has 0 atom stereocenters.